The van der Waals surface area contributed by atoms with Crippen LogP contribution in [0.5, 0.6) is 5.75 Å². The van der Waals surface area contributed by atoms with E-state index in [9.17, 15) is 4.79 Å². The van der Waals surface area contributed by atoms with Crippen molar-refractivity contribution in [2.45, 2.75) is 18.9 Å². The fraction of sp³-hybridized carbons (Fsp3) is 0.533. The third-order valence-electron chi connectivity index (χ3n) is 2.93. The summed E-state index contributed by atoms with van der Waals surface area (Å²) in [6.45, 7) is 1.20. The Labute approximate surface area is 125 Å². The normalized spacial score (nSPS) is 11.8. The number of hydrogen-bond acceptors (Lipinski definition) is 6. The van der Waals surface area contributed by atoms with E-state index in [-0.39, 0.29) is 12.6 Å². The van der Waals surface area contributed by atoms with Gasteiger partial charge in [-0.2, -0.15) is 0 Å². The second-order valence-electron chi connectivity index (χ2n) is 4.62. The Kier molecular flexibility index (Phi) is 8.23. The number of esters is 1. The van der Waals surface area contributed by atoms with Gasteiger partial charge >= 0.3 is 5.97 Å². The monoisotopic (exact) mass is 296 g/mol. The quantitative estimate of drug-likeness (QED) is 0.635. The standard InChI is InChI=1S/C15H24N2O4/c1-19-10-13(4-3-9-16)17-12-5-7-14(8-6-12)21-11-15(18)20-2/h5-8,13,17H,3-4,9-11,16H2,1-2H3. The highest BCUT2D eigenvalue weighted by Gasteiger charge is 2.08. The summed E-state index contributed by atoms with van der Waals surface area (Å²) in [6, 6.07) is 7.63. The van der Waals surface area contributed by atoms with Gasteiger partial charge in [0.05, 0.1) is 13.7 Å². The summed E-state index contributed by atoms with van der Waals surface area (Å²) in [6.07, 6.45) is 1.90. The number of benzene rings is 1. The van der Waals surface area contributed by atoms with Crippen LogP contribution in [-0.2, 0) is 14.3 Å². The first-order valence-corrected chi connectivity index (χ1v) is 6.94. The molecule has 3 N–H and O–H groups in total. The molecule has 0 aromatic heterocycles. The molecule has 6 heteroatoms. The van der Waals surface area contributed by atoms with Gasteiger partial charge in [-0.15, -0.1) is 0 Å². The molecule has 0 heterocycles. The summed E-state index contributed by atoms with van der Waals surface area (Å²) in [5, 5.41) is 3.39. The van der Waals surface area contributed by atoms with Crippen molar-refractivity contribution in [3.63, 3.8) is 0 Å². The number of ether oxygens (including phenoxy) is 3. The molecule has 0 saturated heterocycles. The number of hydrogen-bond donors (Lipinski definition) is 2. The number of carbonyl (C=O) groups is 1. The van der Waals surface area contributed by atoms with E-state index in [0.29, 0.717) is 18.9 Å². The van der Waals surface area contributed by atoms with Crippen LogP contribution < -0.4 is 15.8 Å². The van der Waals surface area contributed by atoms with Crippen LogP contribution >= 0.6 is 0 Å². The summed E-state index contributed by atoms with van der Waals surface area (Å²) in [7, 11) is 3.01. The Morgan fingerprint density at radius 3 is 2.57 bits per heavy atom. The average Bonchev–Trinajstić information content (AvgIpc) is 2.51. The maximum absolute atomic E-state index is 11.0. The third-order valence-corrected chi connectivity index (χ3v) is 2.93. The fourth-order valence-electron chi connectivity index (χ4n) is 1.85. The smallest absolute Gasteiger partial charge is 0.343 e. The number of rotatable bonds is 10. The van der Waals surface area contributed by atoms with E-state index in [4.69, 9.17) is 15.2 Å². The van der Waals surface area contributed by atoms with Gasteiger partial charge < -0.3 is 25.3 Å². The Morgan fingerprint density at radius 1 is 1.29 bits per heavy atom. The number of nitrogens with one attached hydrogen (secondary N) is 1. The molecule has 0 aliphatic carbocycles. The van der Waals surface area contributed by atoms with Gasteiger partial charge in [0.15, 0.2) is 6.61 Å². The van der Waals surface area contributed by atoms with Crippen molar-refractivity contribution in [3.8, 4) is 5.75 Å². The SMILES string of the molecule is COCC(CCCN)Nc1ccc(OCC(=O)OC)cc1. The molecule has 6 nitrogen and oxygen atoms in total. The number of anilines is 1. The fourth-order valence-corrected chi connectivity index (χ4v) is 1.85. The van der Waals surface area contributed by atoms with Crippen LogP contribution in [-0.4, -0.2) is 46.0 Å². The summed E-state index contributed by atoms with van der Waals surface area (Å²) in [5.74, 6) is 0.218. The summed E-state index contributed by atoms with van der Waals surface area (Å²) in [4.78, 5) is 11.0. The molecule has 1 unspecified atom stereocenters. The highest BCUT2D eigenvalue weighted by Crippen LogP contribution is 2.17. The van der Waals surface area contributed by atoms with Gasteiger partial charge in [0.1, 0.15) is 5.75 Å². The largest absolute Gasteiger partial charge is 0.482 e. The molecule has 0 radical (unpaired) electrons. The van der Waals surface area contributed by atoms with E-state index >= 15 is 0 Å². The van der Waals surface area contributed by atoms with Gasteiger partial charge in [-0.1, -0.05) is 0 Å². The molecule has 0 spiro atoms. The van der Waals surface area contributed by atoms with E-state index in [1.165, 1.54) is 7.11 Å². The Hall–Kier alpha value is -1.79. The van der Waals surface area contributed by atoms with Crippen LogP contribution in [0.3, 0.4) is 0 Å². The molecule has 118 valence electrons. The molecule has 0 aliphatic rings. The van der Waals surface area contributed by atoms with E-state index < -0.39 is 5.97 Å². The maximum atomic E-state index is 11.0. The van der Waals surface area contributed by atoms with E-state index in [2.05, 4.69) is 10.1 Å². The predicted octanol–water partition coefficient (Wildman–Crippen LogP) is 1.40. The van der Waals surface area contributed by atoms with Crippen molar-refractivity contribution in [3.05, 3.63) is 24.3 Å². The van der Waals surface area contributed by atoms with Crippen molar-refractivity contribution in [1.29, 1.82) is 0 Å². The first-order chi connectivity index (χ1) is 10.2. The van der Waals surface area contributed by atoms with Gasteiger partial charge in [-0.25, -0.2) is 4.79 Å². The molecule has 0 amide bonds. The molecule has 1 atom stereocenters. The van der Waals surface area contributed by atoms with Crippen LogP contribution in [0.2, 0.25) is 0 Å². The molecule has 1 rings (SSSR count). The van der Waals surface area contributed by atoms with E-state index in [1.54, 1.807) is 19.2 Å². The van der Waals surface area contributed by atoms with E-state index in [1.807, 2.05) is 12.1 Å². The van der Waals surface area contributed by atoms with Crippen molar-refractivity contribution >= 4 is 11.7 Å². The molecule has 0 bridgehead atoms. The molecule has 0 aliphatic heterocycles. The average molecular weight is 296 g/mol. The van der Waals surface area contributed by atoms with Crippen molar-refractivity contribution in [2.75, 3.05) is 39.3 Å². The number of carbonyl (C=O) groups excluding carboxylic acids is 1. The first-order valence-electron chi connectivity index (χ1n) is 6.94. The summed E-state index contributed by atoms with van der Waals surface area (Å²) in [5.41, 5.74) is 6.50. The minimum Gasteiger partial charge on any atom is -0.482 e. The first kappa shape index (κ1) is 17.3. The van der Waals surface area contributed by atoms with Crippen LogP contribution in [0.25, 0.3) is 0 Å². The lowest BCUT2D eigenvalue weighted by atomic mass is 10.1. The van der Waals surface area contributed by atoms with E-state index in [0.717, 1.165) is 18.5 Å². The topological polar surface area (TPSA) is 82.8 Å². The molecule has 21 heavy (non-hydrogen) atoms. The molecular formula is C15H24N2O4. The van der Waals surface area contributed by atoms with Gasteiger partial charge in [-0.05, 0) is 43.7 Å². The minimum atomic E-state index is -0.404. The summed E-state index contributed by atoms with van der Waals surface area (Å²) < 4.78 is 15.0. The highest BCUT2D eigenvalue weighted by atomic mass is 16.6. The van der Waals surface area contributed by atoms with Crippen molar-refractivity contribution in [2.24, 2.45) is 5.73 Å². The maximum Gasteiger partial charge on any atom is 0.343 e. The van der Waals surface area contributed by atoms with Gasteiger partial charge in [0, 0.05) is 18.8 Å². The van der Waals surface area contributed by atoms with Crippen LogP contribution in [0.15, 0.2) is 24.3 Å². The van der Waals surface area contributed by atoms with Crippen molar-refractivity contribution < 1.29 is 19.0 Å². The second-order valence-corrected chi connectivity index (χ2v) is 4.62. The number of nitrogens with two attached hydrogens (primary N) is 1. The molecule has 1 aromatic rings. The van der Waals surface area contributed by atoms with Crippen molar-refractivity contribution in [1.82, 2.24) is 0 Å². The highest BCUT2D eigenvalue weighted by molar-refractivity contribution is 5.70. The predicted molar refractivity (Wildman–Crippen MR) is 81.5 cm³/mol. The molecule has 0 fully saturated rings. The van der Waals surface area contributed by atoms with Gasteiger partial charge in [0.2, 0.25) is 0 Å². The van der Waals surface area contributed by atoms with Crippen LogP contribution in [0, 0.1) is 0 Å². The Bertz CT molecular complexity index is 409. The lowest BCUT2D eigenvalue weighted by Crippen LogP contribution is -2.25. The number of methoxy groups -OCH3 is 2. The lowest BCUT2D eigenvalue weighted by Gasteiger charge is -2.19. The van der Waals surface area contributed by atoms with Crippen LogP contribution in [0.4, 0.5) is 5.69 Å². The second kappa shape index (κ2) is 10.0. The molecular weight excluding hydrogens is 272 g/mol. The summed E-state index contributed by atoms with van der Waals surface area (Å²) >= 11 is 0. The Balaban J connectivity index is 2.49. The molecule has 0 saturated carbocycles. The van der Waals surface area contributed by atoms with Gasteiger partial charge in [0.25, 0.3) is 0 Å². The lowest BCUT2D eigenvalue weighted by molar-refractivity contribution is -0.142. The minimum absolute atomic E-state index is 0.0912. The zero-order chi connectivity index (χ0) is 15.5. The molecule has 1 aromatic carbocycles. The van der Waals surface area contributed by atoms with Crippen LogP contribution in [0.1, 0.15) is 12.8 Å². The zero-order valence-corrected chi connectivity index (χ0v) is 12.6. The van der Waals surface area contributed by atoms with Gasteiger partial charge in [-0.3, -0.25) is 0 Å². The Morgan fingerprint density at radius 2 is 2.00 bits per heavy atom. The third kappa shape index (κ3) is 6.97. The zero-order valence-electron chi connectivity index (χ0n) is 12.6.